The van der Waals surface area contributed by atoms with Crippen LogP contribution in [0.4, 0.5) is 0 Å². The predicted octanol–water partition coefficient (Wildman–Crippen LogP) is 6.14. The normalized spacial score (nSPS) is 11.5. The highest BCUT2D eigenvalue weighted by Crippen LogP contribution is 2.35. The van der Waals surface area contributed by atoms with E-state index in [4.69, 9.17) is 4.98 Å². The first kappa shape index (κ1) is 14.0. The number of hydrogen-bond acceptors (Lipinski definition) is 1. The number of nitrogens with zero attached hydrogens (tertiary/aromatic N) is 1. The minimum absolute atomic E-state index is 0.919. The largest absolute Gasteiger partial charge is 0.337 e. The van der Waals surface area contributed by atoms with Gasteiger partial charge in [-0.25, -0.2) is 4.98 Å². The fraction of sp³-hybridized carbons (Fsp3) is 0. The van der Waals surface area contributed by atoms with Gasteiger partial charge in [0.2, 0.25) is 0 Å². The third kappa shape index (κ3) is 2.04. The van der Waals surface area contributed by atoms with Crippen molar-refractivity contribution in [3.63, 3.8) is 0 Å². The minimum Gasteiger partial charge on any atom is -0.337 e. The second-order valence-corrected chi connectivity index (χ2v) is 7.16. The van der Waals surface area contributed by atoms with Crippen LogP contribution >= 0.6 is 22.6 Å². The number of fused-ring (bicyclic) bond motifs is 6. The van der Waals surface area contributed by atoms with Gasteiger partial charge in [-0.1, -0.05) is 60.7 Å². The first-order valence-electron chi connectivity index (χ1n) is 7.86. The van der Waals surface area contributed by atoms with Gasteiger partial charge in [0.25, 0.3) is 0 Å². The van der Waals surface area contributed by atoms with Crippen molar-refractivity contribution in [2.24, 2.45) is 0 Å². The summed E-state index contributed by atoms with van der Waals surface area (Å²) in [4.78, 5) is 8.50. The lowest BCUT2D eigenvalue weighted by atomic mass is 10.0. The van der Waals surface area contributed by atoms with Crippen LogP contribution in [0, 0.1) is 3.57 Å². The standard InChI is InChI=1S/C21H13IN2/c22-14-10-11-16-15-8-4-5-9-17(15)19-20(18(16)12-14)24-21(23-19)13-6-2-1-3-7-13/h1-12H,(H,23,24). The Morgan fingerprint density at radius 2 is 1.42 bits per heavy atom. The van der Waals surface area contributed by atoms with Crippen LogP contribution in [-0.4, -0.2) is 9.97 Å². The van der Waals surface area contributed by atoms with Gasteiger partial charge in [-0.05, 0) is 45.5 Å². The second kappa shape index (κ2) is 5.31. The van der Waals surface area contributed by atoms with Crippen molar-refractivity contribution in [2.45, 2.75) is 0 Å². The third-order valence-electron chi connectivity index (χ3n) is 4.47. The highest BCUT2D eigenvalue weighted by atomic mass is 127. The van der Waals surface area contributed by atoms with Crippen LogP contribution in [0.5, 0.6) is 0 Å². The molecule has 0 bridgehead atoms. The molecule has 0 aliphatic carbocycles. The van der Waals surface area contributed by atoms with E-state index in [2.05, 4.69) is 82.2 Å². The molecule has 0 unspecified atom stereocenters. The van der Waals surface area contributed by atoms with E-state index in [9.17, 15) is 0 Å². The van der Waals surface area contributed by atoms with E-state index in [1.807, 2.05) is 18.2 Å². The van der Waals surface area contributed by atoms with Crippen LogP contribution in [-0.2, 0) is 0 Å². The van der Waals surface area contributed by atoms with Gasteiger partial charge in [-0.15, -0.1) is 0 Å². The summed E-state index contributed by atoms with van der Waals surface area (Å²) in [7, 11) is 0. The van der Waals surface area contributed by atoms with Gasteiger partial charge in [-0.3, -0.25) is 0 Å². The lowest BCUT2D eigenvalue weighted by Crippen LogP contribution is -1.83. The van der Waals surface area contributed by atoms with Crippen LogP contribution in [0.15, 0.2) is 72.8 Å². The maximum absolute atomic E-state index is 4.94. The first-order chi connectivity index (χ1) is 11.8. The Bertz CT molecular complexity index is 1210. The van der Waals surface area contributed by atoms with E-state index in [0.29, 0.717) is 0 Å². The van der Waals surface area contributed by atoms with Gasteiger partial charge in [-0.2, -0.15) is 0 Å². The highest BCUT2D eigenvalue weighted by molar-refractivity contribution is 14.1. The van der Waals surface area contributed by atoms with E-state index in [0.717, 1.165) is 22.4 Å². The maximum Gasteiger partial charge on any atom is 0.138 e. The molecular weight excluding hydrogens is 407 g/mol. The van der Waals surface area contributed by atoms with Crippen molar-refractivity contribution < 1.29 is 0 Å². The number of imidazole rings is 1. The van der Waals surface area contributed by atoms with Crippen LogP contribution in [0.2, 0.25) is 0 Å². The number of nitrogens with one attached hydrogen (secondary N) is 1. The Hall–Kier alpha value is -2.40. The summed E-state index contributed by atoms with van der Waals surface area (Å²) in [6.07, 6.45) is 0. The van der Waals surface area contributed by atoms with E-state index in [1.54, 1.807) is 0 Å². The molecule has 4 aromatic carbocycles. The molecule has 0 aliphatic rings. The lowest BCUT2D eigenvalue weighted by Gasteiger charge is -2.06. The average molecular weight is 420 g/mol. The molecule has 1 aromatic heterocycles. The molecule has 0 atom stereocenters. The van der Waals surface area contributed by atoms with Crippen molar-refractivity contribution in [1.82, 2.24) is 9.97 Å². The van der Waals surface area contributed by atoms with Gasteiger partial charge in [0.15, 0.2) is 0 Å². The second-order valence-electron chi connectivity index (χ2n) is 5.91. The van der Waals surface area contributed by atoms with Crippen LogP contribution < -0.4 is 0 Å². The Labute approximate surface area is 152 Å². The molecule has 5 aromatic rings. The lowest BCUT2D eigenvalue weighted by molar-refractivity contribution is 1.34. The van der Waals surface area contributed by atoms with Gasteiger partial charge in [0, 0.05) is 19.9 Å². The molecule has 5 rings (SSSR count). The molecule has 0 fully saturated rings. The Morgan fingerprint density at radius 3 is 2.25 bits per heavy atom. The monoisotopic (exact) mass is 420 g/mol. The molecule has 24 heavy (non-hydrogen) atoms. The number of hydrogen-bond donors (Lipinski definition) is 1. The van der Waals surface area contributed by atoms with Crippen molar-refractivity contribution >= 4 is 55.2 Å². The molecule has 0 radical (unpaired) electrons. The summed E-state index contributed by atoms with van der Waals surface area (Å²) in [5, 5.41) is 4.94. The highest BCUT2D eigenvalue weighted by Gasteiger charge is 2.13. The Morgan fingerprint density at radius 1 is 0.708 bits per heavy atom. The van der Waals surface area contributed by atoms with Gasteiger partial charge >= 0.3 is 0 Å². The van der Waals surface area contributed by atoms with E-state index < -0.39 is 0 Å². The molecule has 0 aliphatic heterocycles. The van der Waals surface area contributed by atoms with Gasteiger partial charge in [0.05, 0.1) is 11.0 Å². The molecule has 1 N–H and O–H groups in total. The van der Waals surface area contributed by atoms with Crippen molar-refractivity contribution in [1.29, 1.82) is 0 Å². The summed E-state index contributed by atoms with van der Waals surface area (Å²) < 4.78 is 1.22. The molecule has 0 amide bonds. The molecule has 114 valence electrons. The molecule has 0 spiro atoms. The SMILES string of the molecule is Ic1ccc2c3ccccc3c3[nH]c(-c4ccccc4)nc3c2c1. The molecule has 2 nitrogen and oxygen atoms in total. The summed E-state index contributed by atoms with van der Waals surface area (Å²) >= 11 is 2.36. The van der Waals surface area contributed by atoms with Crippen molar-refractivity contribution in [3.8, 4) is 11.4 Å². The van der Waals surface area contributed by atoms with Crippen LogP contribution in [0.3, 0.4) is 0 Å². The van der Waals surface area contributed by atoms with E-state index in [-0.39, 0.29) is 0 Å². The number of benzene rings is 4. The van der Waals surface area contributed by atoms with Crippen molar-refractivity contribution in [3.05, 3.63) is 76.4 Å². The summed E-state index contributed by atoms with van der Waals surface area (Å²) in [6.45, 7) is 0. The molecule has 0 saturated carbocycles. The fourth-order valence-corrected chi connectivity index (χ4v) is 3.87. The first-order valence-corrected chi connectivity index (χ1v) is 8.94. The maximum atomic E-state index is 4.94. The van der Waals surface area contributed by atoms with Gasteiger partial charge < -0.3 is 4.98 Å². The fourth-order valence-electron chi connectivity index (χ4n) is 3.38. The average Bonchev–Trinajstić information content (AvgIpc) is 3.08. The van der Waals surface area contributed by atoms with Crippen molar-refractivity contribution in [2.75, 3.05) is 0 Å². The number of halogens is 1. The molecule has 0 saturated heterocycles. The smallest absolute Gasteiger partial charge is 0.138 e. The number of rotatable bonds is 1. The zero-order chi connectivity index (χ0) is 16.1. The predicted molar refractivity (Wildman–Crippen MR) is 109 cm³/mol. The quantitative estimate of drug-likeness (QED) is 0.256. The third-order valence-corrected chi connectivity index (χ3v) is 5.15. The molecule has 1 heterocycles. The number of aromatic amines is 1. The van der Waals surface area contributed by atoms with Crippen LogP contribution in [0.25, 0.3) is 44.0 Å². The summed E-state index contributed by atoms with van der Waals surface area (Å²) in [6, 6.07) is 25.4. The molecule has 3 heteroatoms. The molecular formula is C21H13IN2. The summed E-state index contributed by atoms with van der Waals surface area (Å²) in [5.41, 5.74) is 3.26. The van der Waals surface area contributed by atoms with E-state index in [1.165, 1.54) is 25.1 Å². The number of H-pyrrole nitrogens is 1. The van der Waals surface area contributed by atoms with E-state index >= 15 is 0 Å². The zero-order valence-corrected chi connectivity index (χ0v) is 14.9. The van der Waals surface area contributed by atoms with Gasteiger partial charge in [0.1, 0.15) is 5.82 Å². The zero-order valence-electron chi connectivity index (χ0n) is 12.8. The topological polar surface area (TPSA) is 28.7 Å². The summed E-state index contributed by atoms with van der Waals surface area (Å²) in [5.74, 6) is 0.919. The Balaban J connectivity index is 1.99. The Kier molecular flexibility index (Phi) is 3.10. The minimum atomic E-state index is 0.919. The van der Waals surface area contributed by atoms with Crippen LogP contribution in [0.1, 0.15) is 0 Å². The number of aromatic nitrogens is 2.